The number of aryl methyl sites for hydroxylation is 1. The number of benzene rings is 2. The van der Waals surface area contributed by atoms with Crippen LogP contribution in [-0.2, 0) is 10.1 Å². The van der Waals surface area contributed by atoms with Gasteiger partial charge in [0.1, 0.15) is 10.6 Å². The van der Waals surface area contributed by atoms with E-state index in [0.717, 1.165) is 5.56 Å². The Hall–Kier alpha value is -2.32. The largest absolute Gasteiger partial charge is 0.379 e. The first-order valence-corrected chi connectivity index (χ1v) is 6.94. The second kappa shape index (κ2) is 5.12. The first-order chi connectivity index (χ1) is 9.03. The van der Waals surface area contributed by atoms with E-state index >= 15 is 0 Å². The van der Waals surface area contributed by atoms with Crippen LogP contribution in [0.2, 0.25) is 0 Å². The molecule has 0 aromatic heterocycles. The van der Waals surface area contributed by atoms with Gasteiger partial charge in [0.2, 0.25) is 0 Å². The third-order valence-electron chi connectivity index (χ3n) is 2.54. The highest BCUT2D eigenvalue weighted by Crippen LogP contribution is 2.22. The molecule has 0 N–H and O–H groups in total. The minimum absolute atomic E-state index is 0.0326. The molecule has 0 fully saturated rings. The average molecular weight is 273 g/mol. The van der Waals surface area contributed by atoms with Crippen LogP contribution in [0, 0.1) is 18.3 Å². The van der Waals surface area contributed by atoms with Crippen LogP contribution >= 0.6 is 0 Å². The Morgan fingerprint density at radius 1 is 1.11 bits per heavy atom. The minimum atomic E-state index is -3.92. The molecule has 0 spiro atoms. The Morgan fingerprint density at radius 3 is 2.53 bits per heavy atom. The Bertz CT molecular complexity index is 745. The highest BCUT2D eigenvalue weighted by atomic mass is 32.2. The molecule has 2 aromatic carbocycles. The van der Waals surface area contributed by atoms with Gasteiger partial charge in [0, 0.05) is 0 Å². The van der Waals surface area contributed by atoms with Gasteiger partial charge in [0.05, 0.1) is 11.6 Å². The van der Waals surface area contributed by atoms with Crippen LogP contribution in [-0.4, -0.2) is 8.42 Å². The summed E-state index contributed by atoms with van der Waals surface area (Å²) in [5.41, 5.74) is 0.997. The molecule has 0 heterocycles. The van der Waals surface area contributed by atoms with Crippen molar-refractivity contribution < 1.29 is 12.6 Å². The Kier molecular flexibility index (Phi) is 3.54. The smallest absolute Gasteiger partial charge is 0.339 e. The van der Waals surface area contributed by atoms with Crippen molar-refractivity contribution in [2.45, 2.75) is 11.8 Å². The van der Waals surface area contributed by atoms with E-state index in [4.69, 9.17) is 9.44 Å². The number of nitrogens with zero attached hydrogens (tertiary/aromatic N) is 1. The molecule has 96 valence electrons. The number of hydrogen-bond acceptors (Lipinski definition) is 4. The molecule has 2 aromatic rings. The summed E-state index contributed by atoms with van der Waals surface area (Å²) in [6.07, 6.45) is 0. The quantitative estimate of drug-likeness (QED) is 0.806. The molecule has 0 unspecified atom stereocenters. The first-order valence-electron chi connectivity index (χ1n) is 5.53. The molecule has 0 atom stereocenters. The van der Waals surface area contributed by atoms with E-state index in [-0.39, 0.29) is 16.2 Å². The van der Waals surface area contributed by atoms with Crippen LogP contribution in [0.4, 0.5) is 0 Å². The van der Waals surface area contributed by atoms with Crippen molar-refractivity contribution in [2.24, 2.45) is 0 Å². The summed E-state index contributed by atoms with van der Waals surface area (Å²) < 4.78 is 29.3. The van der Waals surface area contributed by atoms with Crippen LogP contribution in [0.3, 0.4) is 0 Å². The number of nitriles is 1. The molecule has 0 aliphatic rings. The normalized spacial score (nSPS) is 10.7. The zero-order chi connectivity index (χ0) is 13.9. The lowest BCUT2D eigenvalue weighted by molar-refractivity contribution is 0.484. The average Bonchev–Trinajstić information content (AvgIpc) is 2.41. The van der Waals surface area contributed by atoms with Crippen molar-refractivity contribution in [3.8, 4) is 11.8 Å². The van der Waals surface area contributed by atoms with E-state index in [0.29, 0.717) is 0 Å². The summed E-state index contributed by atoms with van der Waals surface area (Å²) in [5.74, 6) is 0.282. The molecule has 0 saturated carbocycles. The van der Waals surface area contributed by atoms with E-state index in [2.05, 4.69) is 0 Å². The minimum Gasteiger partial charge on any atom is -0.379 e. The number of hydrogen-bond donors (Lipinski definition) is 0. The van der Waals surface area contributed by atoms with E-state index in [1.54, 1.807) is 31.2 Å². The summed E-state index contributed by atoms with van der Waals surface area (Å²) in [5, 5.41) is 8.78. The fraction of sp³-hybridized carbons (Fsp3) is 0.0714. The second-order valence-electron chi connectivity index (χ2n) is 3.94. The van der Waals surface area contributed by atoms with Crippen molar-refractivity contribution >= 4 is 10.1 Å². The van der Waals surface area contributed by atoms with Gasteiger partial charge in [-0.3, -0.25) is 0 Å². The van der Waals surface area contributed by atoms with Gasteiger partial charge in [-0.1, -0.05) is 24.3 Å². The van der Waals surface area contributed by atoms with Crippen molar-refractivity contribution in [1.82, 2.24) is 0 Å². The van der Waals surface area contributed by atoms with Crippen molar-refractivity contribution in [1.29, 1.82) is 5.26 Å². The monoisotopic (exact) mass is 273 g/mol. The maximum absolute atomic E-state index is 12.1. The van der Waals surface area contributed by atoms with Crippen LogP contribution < -0.4 is 4.18 Å². The predicted octanol–water partition coefficient (Wildman–Crippen LogP) is 2.63. The predicted molar refractivity (Wildman–Crippen MR) is 70.1 cm³/mol. The fourth-order valence-electron chi connectivity index (χ4n) is 1.54. The maximum atomic E-state index is 12.1. The maximum Gasteiger partial charge on any atom is 0.339 e. The molecule has 0 amide bonds. The summed E-state index contributed by atoms with van der Waals surface area (Å²) in [6, 6.07) is 14.5. The van der Waals surface area contributed by atoms with E-state index in [9.17, 15) is 8.42 Å². The Labute approximate surface area is 112 Å². The van der Waals surface area contributed by atoms with Gasteiger partial charge < -0.3 is 4.18 Å². The molecule has 4 nitrogen and oxygen atoms in total. The molecular formula is C14H11NO3S. The van der Waals surface area contributed by atoms with Crippen molar-refractivity contribution in [3.05, 3.63) is 59.7 Å². The summed E-state index contributed by atoms with van der Waals surface area (Å²) in [6.45, 7) is 1.76. The SMILES string of the molecule is Cc1ccccc1OS(=O)(=O)c1cccc(C#N)c1. The lowest BCUT2D eigenvalue weighted by atomic mass is 10.2. The number of rotatable bonds is 3. The van der Waals surface area contributed by atoms with Gasteiger partial charge in [-0.05, 0) is 36.8 Å². The zero-order valence-corrected chi connectivity index (χ0v) is 11.0. The van der Waals surface area contributed by atoms with E-state index in [1.165, 1.54) is 24.3 Å². The van der Waals surface area contributed by atoms with E-state index < -0.39 is 10.1 Å². The Balaban J connectivity index is 2.39. The third-order valence-corrected chi connectivity index (χ3v) is 3.78. The van der Waals surface area contributed by atoms with Gasteiger partial charge in [0.15, 0.2) is 0 Å². The Morgan fingerprint density at radius 2 is 1.84 bits per heavy atom. The number of para-hydroxylation sites is 1. The van der Waals surface area contributed by atoms with Gasteiger partial charge in [0.25, 0.3) is 0 Å². The van der Waals surface area contributed by atoms with Crippen LogP contribution in [0.25, 0.3) is 0 Å². The molecule has 0 bridgehead atoms. The summed E-state index contributed by atoms with van der Waals surface area (Å²) >= 11 is 0. The van der Waals surface area contributed by atoms with E-state index in [1.807, 2.05) is 6.07 Å². The fourth-order valence-corrected chi connectivity index (χ4v) is 2.57. The van der Waals surface area contributed by atoms with Gasteiger partial charge in [-0.15, -0.1) is 0 Å². The highest BCUT2D eigenvalue weighted by molar-refractivity contribution is 7.87. The van der Waals surface area contributed by atoms with Gasteiger partial charge in [-0.25, -0.2) is 0 Å². The molecule has 0 saturated heterocycles. The molecule has 0 aliphatic carbocycles. The first kappa shape index (κ1) is 13.1. The molecule has 2 rings (SSSR count). The van der Waals surface area contributed by atoms with Gasteiger partial charge >= 0.3 is 10.1 Å². The molecule has 19 heavy (non-hydrogen) atoms. The standard InChI is InChI=1S/C14H11NO3S/c1-11-5-2-3-8-14(11)18-19(16,17)13-7-4-6-12(9-13)10-15/h2-9H,1H3. The highest BCUT2D eigenvalue weighted by Gasteiger charge is 2.17. The lowest BCUT2D eigenvalue weighted by Gasteiger charge is -2.09. The molecular weight excluding hydrogens is 262 g/mol. The van der Waals surface area contributed by atoms with Crippen LogP contribution in [0.15, 0.2) is 53.4 Å². The second-order valence-corrected chi connectivity index (χ2v) is 5.49. The van der Waals surface area contributed by atoms with Crippen LogP contribution in [0.1, 0.15) is 11.1 Å². The topological polar surface area (TPSA) is 67.2 Å². The van der Waals surface area contributed by atoms with Gasteiger partial charge in [-0.2, -0.15) is 13.7 Å². The zero-order valence-electron chi connectivity index (χ0n) is 10.2. The van der Waals surface area contributed by atoms with Crippen molar-refractivity contribution in [3.63, 3.8) is 0 Å². The molecule has 5 heteroatoms. The van der Waals surface area contributed by atoms with Crippen LogP contribution in [0.5, 0.6) is 5.75 Å². The molecule has 0 aliphatic heterocycles. The third kappa shape index (κ3) is 2.92. The molecule has 0 radical (unpaired) electrons. The lowest BCUT2D eigenvalue weighted by Crippen LogP contribution is -2.10. The summed E-state index contributed by atoms with van der Waals surface area (Å²) in [7, 11) is -3.92. The van der Waals surface area contributed by atoms with Crippen molar-refractivity contribution in [2.75, 3.05) is 0 Å². The summed E-state index contributed by atoms with van der Waals surface area (Å²) in [4.78, 5) is -0.0326.